The van der Waals surface area contributed by atoms with Crippen LogP contribution in [0.25, 0.3) is 0 Å². The predicted octanol–water partition coefficient (Wildman–Crippen LogP) is 1.84. The van der Waals surface area contributed by atoms with Gasteiger partial charge in [-0.2, -0.15) is 0 Å². The molecule has 132 valence electrons. The normalized spacial score (nSPS) is 19.2. The minimum absolute atomic E-state index is 0. The Kier molecular flexibility index (Phi) is 11.4. The van der Waals surface area contributed by atoms with Gasteiger partial charge in [0, 0.05) is 44.8 Å². The van der Waals surface area contributed by atoms with Crippen LogP contribution in [-0.2, 0) is 0 Å². The summed E-state index contributed by atoms with van der Waals surface area (Å²) in [5.74, 6) is 1.56. The molecule has 0 saturated carbocycles. The van der Waals surface area contributed by atoms with E-state index in [0.717, 1.165) is 45.2 Å². The molecule has 0 aromatic carbocycles. The van der Waals surface area contributed by atoms with Crippen molar-refractivity contribution in [2.45, 2.75) is 46.7 Å². The maximum absolute atomic E-state index is 4.81. The van der Waals surface area contributed by atoms with Gasteiger partial charge >= 0.3 is 0 Å². The van der Waals surface area contributed by atoms with E-state index in [1.54, 1.807) is 0 Å². The smallest absolute Gasteiger partial charge is 0.191 e. The molecule has 1 rings (SSSR count). The Morgan fingerprint density at radius 3 is 2.14 bits per heavy atom. The first-order valence-electron chi connectivity index (χ1n) is 8.41. The maximum atomic E-state index is 4.81. The number of rotatable bonds is 6. The van der Waals surface area contributed by atoms with E-state index < -0.39 is 0 Å². The monoisotopic (exact) mass is 425 g/mol. The van der Waals surface area contributed by atoms with Gasteiger partial charge in [-0.25, -0.2) is 0 Å². The molecule has 1 saturated heterocycles. The first-order valence-corrected chi connectivity index (χ1v) is 8.41. The largest absolute Gasteiger partial charge is 0.357 e. The lowest BCUT2D eigenvalue weighted by Gasteiger charge is -2.39. The lowest BCUT2D eigenvalue weighted by atomic mass is 10.0. The maximum Gasteiger partial charge on any atom is 0.191 e. The summed E-state index contributed by atoms with van der Waals surface area (Å²) in [7, 11) is 2.20. The second-order valence-corrected chi connectivity index (χ2v) is 6.67. The van der Waals surface area contributed by atoms with E-state index in [2.05, 4.69) is 62.1 Å². The highest BCUT2D eigenvalue weighted by Gasteiger charge is 2.24. The molecular formula is C16H36IN5. The fraction of sp³-hybridized carbons (Fsp3) is 0.938. The molecule has 2 N–H and O–H groups in total. The zero-order valence-electron chi connectivity index (χ0n) is 15.2. The van der Waals surface area contributed by atoms with Crippen molar-refractivity contribution in [2.24, 2.45) is 10.9 Å². The molecule has 1 aliphatic rings. The molecule has 1 heterocycles. The van der Waals surface area contributed by atoms with Crippen molar-refractivity contribution in [3.63, 3.8) is 0 Å². The summed E-state index contributed by atoms with van der Waals surface area (Å²) in [5, 5.41) is 6.73. The Morgan fingerprint density at radius 2 is 1.68 bits per heavy atom. The van der Waals surface area contributed by atoms with Crippen LogP contribution in [0.15, 0.2) is 4.99 Å². The van der Waals surface area contributed by atoms with Gasteiger partial charge in [-0.05, 0) is 33.7 Å². The molecular weight excluding hydrogens is 389 g/mol. The molecule has 0 spiro atoms. The van der Waals surface area contributed by atoms with Crippen LogP contribution in [0, 0.1) is 5.92 Å². The van der Waals surface area contributed by atoms with Crippen LogP contribution < -0.4 is 10.6 Å². The molecule has 0 amide bonds. The number of piperazine rings is 1. The zero-order valence-corrected chi connectivity index (χ0v) is 17.6. The van der Waals surface area contributed by atoms with Gasteiger partial charge in [-0.3, -0.25) is 9.89 Å². The number of halogens is 1. The Hall–Kier alpha value is -0.0800. The second-order valence-electron chi connectivity index (χ2n) is 6.67. The van der Waals surface area contributed by atoms with Gasteiger partial charge in [0.05, 0.1) is 6.54 Å². The number of nitrogens with zero attached hydrogens (tertiary/aromatic N) is 3. The molecule has 0 aromatic rings. The van der Waals surface area contributed by atoms with Gasteiger partial charge in [0.1, 0.15) is 0 Å². The van der Waals surface area contributed by atoms with Crippen molar-refractivity contribution < 1.29 is 0 Å². The van der Waals surface area contributed by atoms with Crippen molar-refractivity contribution in [1.29, 1.82) is 0 Å². The Morgan fingerprint density at radius 1 is 1.09 bits per heavy atom. The van der Waals surface area contributed by atoms with E-state index in [9.17, 15) is 0 Å². The van der Waals surface area contributed by atoms with E-state index in [4.69, 9.17) is 4.99 Å². The van der Waals surface area contributed by atoms with Crippen LogP contribution in [0.3, 0.4) is 0 Å². The minimum atomic E-state index is 0. The minimum Gasteiger partial charge on any atom is -0.357 e. The van der Waals surface area contributed by atoms with Gasteiger partial charge in [0.2, 0.25) is 0 Å². The van der Waals surface area contributed by atoms with Crippen molar-refractivity contribution in [3.8, 4) is 0 Å². The van der Waals surface area contributed by atoms with Gasteiger partial charge in [0.15, 0.2) is 5.96 Å². The van der Waals surface area contributed by atoms with E-state index in [1.807, 2.05) is 0 Å². The Bertz CT molecular complexity index is 312. The molecule has 0 bridgehead atoms. The topological polar surface area (TPSA) is 42.9 Å². The first kappa shape index (κ1) is 21.9. The number of aliphatic imine (C=N–C) groups is 1. The number of guanidine groups is 1. The zero-order chi connectivity index (χ0) is 15.8. The molecule has 5 nitrogen and oxygen atoms in total. The van der Waals surface area contributed by atoms with Gasteiger partial charge < -0.3 is 15.5 Å². The molecule has 22 heavy (non-hydrogen) atoms. The van der Waals surface area contributed by atoms with Gasteiger partial charge in [0.25, 0.3) is 0 Å². The molecule has 0 aliphatic carbocycles. The summed E-state index contributed by atoms with van der Waals surface area (Å²) in [6, 6.07) is 0.935. The highest BCUT2D eigenvalue weighted by Crippen LogP contribution is 2.13. The lowest BCUT2D eigenvalue weighted by molar-refractivity contribution is 0.0925. The van der Waals surface area contributed by atoms with E-state index in [0.29, 0.717) is 18.0 Å². The van der Waals surface area contributed by atoms with E-state index in [-0.39, 0.29) is 24.0 Å². The molecule has 6 heteroatoms. The van der Waals surface area contributed by atoms with E-state index in [1.165, 1.54) is 0 Å². The summed E-state index contributed by atoms with van der Waals surface area (Å²) >= 11 is 0. The van der Waals surface area contributed by atoms with Crippen LogP contribution in [0.5, 0.6) is 0 Å². The average Bonchev–Trinajstić information content (AvgIpc) is 2.40. The predicted molar refractivity (Wildman–Crippen MR) is 107 cm³/mol. The standard InChI is InChI=1S/C16H35N5.HI/c1-7-17-16(19-14(4)5)18-12-15(13(2)3)21-10-8-20(6)9-11-21;/h13-15H,7-12H2,1-6H3,(H2,17,18,19);1H. The van der Waals surface area contributed by atoms with Crippen LogP contribution >= 0.6 is 24.0 Å². The first-order chi connectivity index (χ1) is 9.93. The van der Waals surface area contributed by atoms with Crippen LogP contribution in [0.2, 0.25) is 0 Å². The van der Waals surface area contributed by atoms with Crippen LogP contribution in [0.4, 0.5) is 0 Å². The Balaban J connectivity index is 0.00000441. The SMILES string of the molecule is CCNC(=NCC(C(C)C)N1CCN(C)CC1)NC(C)C.I. The second kappa shape index (κ2) is 11.5. The van der Waals surface area contributed by atoms with Gasteiger partial charge in [-0.1, -0.05) is 13.8 Å². The number of hydrogen-bond donors (Lipinski definition) is 2. The van der Waals surface area contributed by atoms with Crippen molar-refractivity contribution >= 4 is 29.9 Å². The van der Waals surface area contributed by atoms with Crippen molar-refractivity contribution in [2.75, 3.05) is 46.3 Å². The third-order valence-corrected chi connectivity index (χ3v) is 3.98. The summed E-state index contributed by atoms with van der Waals surface area (Å²) in [4.78, 5) is 9.82. The molecule has 0 aromatic heterocycles. The number of likely N-dealkylation sites (N-methyl/N-ethyl adjacent to an activating group) is 1. The van der Waals surface area contributed by atoms with Gasteiger partial charge in [-0.15, -0.1) is 24.0 Å². The fourth-order valence-electron chi connectivity index (χ4n) is 2.68. The highest BCUT2D eigenvalue weighted by molar-refractivity contribution is 14.0. The molecule has 1 aliphatic heterocycles. The third-order valence-electron chi connectivity index (χ3n) is 3.98. The number of hydrogen-bond acceptors (Lipinski definition) is 3. The summed E-state index contributed by atoms with van der Waals surface area (Å²) < 4.78 is 0. The molecule has 1 fully saturated rings. The quantitative estimate of drug-likeness (QED) is 0.387. The van der Waals surface area contributed by atoms with Crippen LogP contribution in [-0.4, -0.2) is 74.2 Å². The summed E-state index contributed by atoms with van der Waals surface area (Å²) in [6.45, 7) is 17.4. The molecule has 0 radical (unpaired) electrons. The van der Waals surface area contributed by atoms with Crippen molar-refractivity contribution in [3.05, 3.63) is 0 Å². The van der Waals surface area contributed by atoms with Crippen LogP contribution in [0.1, 0.15) is 34.6 Å². The lowest BCUT2D eigenvalue weighted by Crippen LogP contribution is -2.52. The molecule has 1 atom stereocenters. The fourth-order valence-corrected chi connectivity index (χ4v) is 2.68. The Labute approximate surface area is 154 Å². The third kappa shape index (κ3) is 7.97. The number of nitrogens with one attached hydrogen (secondary N) is 2. The molecule has 1 unspecified atom stereocenters. The summed E-state index contributed by atoms with van der Waals surface area (Å²) in [5.41, 5.74) is 0. The highest BCUT2D eigenvalue weighted by atomic mass is 127. The van der Waals surface area contributed by atoms with E-state index >= 15 is 0 Å². The summed E-state index contributed by atoms with van der Waals surface area (Å²) in [6.07, 6.45) is 0. The van der Waals surface area contributed by atoms with Crippen molar-refractivity contribution in [1.82, 2.24) is 20.4 Å². The average molecular weight is 425 g/mol.